The van der Waals surface area contributed by atoms with Crippen LogP contribution in [0.25, 0.3) is 11.0 Å². The lowest BCUT2D eigenvalue weighted by atomic mass is 9.85. The van der Waals surface area contributed by atoms with E-state index in [1.807, 2.05) is 67.6 Å². The second-order valence-electron chi connectivity index (χ2n) is 9.89. The largest absolute Gasteiger partial charge is 0.497 e. The Morgan fingerprint density at radius 3 is 2.56 bits per heavy atom. The van der Waals surface area contributed by atoms with Crippen molar-refractivity contribution in [3.8, 4) is 5.75 Å². The quantitative estimate of drug-likeness (QED) is 0.307. The van der Waals surface area contributed by atoms with Gasteiger partial charge in [0.15, 0.2) is 0 Å². The average Bonchev–Trinajstić information content (AvgIpc) is 3.37. The summed E-state index contributed by atoms with van der Waals surface area (Å²) in [6.07, 6.45) is 6.68. The Labute approximate surface area is 228 Å². The Morgan fingerprint density at radius 2 is 1.82 bits per heavy atom. The lowest BCUT2D eigenvalue weighted by Crippen LogP contribution is -2.52. The summed E-state index contributed by atoms with van der Waals surface area (Å²) in [4.78, 5) is 29.9. The molecule has 8 nitrogen and oxygen atoms in total. The number of allylic oxidation sites excluding steroid dienone is 2. The first kappa shape index (κ1) is 26.2. The fraction of sp³-hybridized carbons (Fsp3) is 0.290. The number of benzene rings is 3. The van der Waals surface area contributed by atoms with Crippen molar-refractivity contribution >= 4 is 28.5 Å². The topological polar surface area (TPSA) is 89.4 Å². The number of carbonyl (C=O) groups excluding carboxylic acids is 2. The molecular weight excluding hydrogens is 490 g/mol. The molecule has 1 N–H and O–H groups in total. The van der Waals surface area contributed by atoms with Crippen molar-refractivity contribution in [1.82, 2.24) is 19.9 Å². The molecule has 1 aliphatic carbocycles. The first-order valence-electron chi connectivity index (χ1n) is 13.3. The van der Waals surface area contributed by atoms with Gasteiger partial charge in [0.25, 0.3) is 0 Å². The summed E-state index contributed by atoms with van der Waals surface area (Å²) < 4.78 is 6.87. The number of carbonyl (C=O) groups is 2. The zero-order chi connectivity index (χ0) is 27.2. The maximum Gasteiger partial charge on any atom is 0.247 e. The van der Waals surface area contributed by atoms with Crippen molar-refractivity contribution in [2.24, 2.45) is 5.92 Å². The van der Waals surface area contributed by atoms with Crippen molar-refractivity contribution < 1.29 is 14.3 Å². The highest BCUT2D eigenvalue weighted by molar-refractivity contribution is 5.97. The highest BCUT2D eigenvalue weighted by Gasteiger charge is 2.37. The fourth-order valence-corrected chi connectivity index (χ4v) is 5.17. The molecule has 1 aliphatic rings. The number of rotatable bonds is 9. The monoisotopic (exact) mass is 523 g/mol. The lowest BCUT2D eigenvalue weighted by Gasteiger charge is -2.37. The summed E-state index contributed by atoms with van der Waals surface area (Å²) in [6, 6.07) is 22.1. The molecule has 1 aromatic heterocycles. The van der Waals surface area contributed by atoms with Gasteiger partial charge < -0.3 is 15.0 Å². The molecule has 0 fully saturated rings. The van der Waals surface area contributed by atoms with Gasteiger partial charge in [0.2, 0.25) is 11.8 Å². The molecule has 2 amide bonds. The number of ether oxygens (including phenoxy) is 1. The van der Waals surface area contributed by atoms with Crippen LogP contribution in [0.3, 0.4) is 0 Å². The number of aryl methyl sites for hydroxylation is 1. The first-order chi connectivity index (χ1) is 19.0. The molecule has 200 valence electrons. The Kier molecular flexibility index (Phi) is 8.01. The molecule has 4 aromatic rings. The fourth-order valence-electron chi connectivity index (χ4n) is 5.17. The first-order valence-corrected chi connectivity index (χ1v) is 13.3. The molecular formula is C31H33N5O3. The molecule has 2 atom stereocenters. The Balaban J connectivity index is 1.50. The molecule has 0 aliphatic heterocycles. The van der Waals surface area contributed by atoms with Crippen molar-refractivity contribution in [2.45, 2.75) is 45.3 Å². The van der Waals surface area contributed by atoms with Crippen molar-refractivity contribution in [3.63, 3.8) is 0 Å². The van der Waals surface area contributed by atoms with Gasteiger partial charge >= 0.3 is 0 Å². The predicted octanol–water partition coefficient (Wildman–Crippen LogP) is 5.14. The van der Waals surface area contributed by atoms with Crippen molar-refractivity contribution in [3.05, 3.63) is 96.1 Å². The molecule has 0 saturated heterocycles. The van der Waals surface area contributed by atoms with E-state index in [1.54, 1.807) is 28.8 Å². The smallest absolute Gasteiger partial charge is 0.247 e. The zero-order valence-electron chi connectivity index (χ0n) is 22.3. The van der Waals surface area contributed by atoms with E-state index in [0.29, 0.717) is 18.0 Å². The highest BCUT2D eigenvalue weighted by atomic mass is 16.5. The second kappa shape index (κ2) is 11.9. The SMILES string of the molecule is COc1ccc(NC(=O)[C@@H]([C@@H]2CC=CCC2)N(Cc2ccccc2C)C(=O)Cn2nnc3ccccc32)cc1. The van der Waals surface area contributed by atoms with Crippen LogP contribution in [-0.4, -0.2) is 44.9 Å². The van der Waals surface area contributed by atoms with E-state index in [2.05, 4.69) is 27.8 Å². The van der Waals surface area contributed by atoms with E-state index in [1.165, 1.54) is 0 Å². The number of nitrogens with one attached hydrogen (secondary N) is 1. The third-order valence-electron chi connectivity index (χ3n) is 7.35. The molecule has 1 heterocycles. The van der Waals surface area contributed by atoms with E-state index in [0.717, 1.165) is 41.4 Å². The summed E-state index contributed by atoms with van der Waals surface area (Å²) in [5.74, 6) is 0.302. The van der Waals surface area contributed by atoms with Gasteiger partial charge in [-0.25, -0.2) is 4.68 Å². The van der Waals surface area contributed by atoms with Gasteiger partial charge in [0.1, 0.15) is 23.9 Å². The van der Waals surface area contributed by atoms with Crippen molar-refractivity contribution in [2.75, 3.05) is 12.4 Å². The molecule has 0 radical (unpaired) electrons. The predicted molar refractivity (Wildman–Crippen MR) is 151 cm³/mol. The molecule has 0 unspecified atom stereocenters. The third-order valence-corrected chi connectivity index (χ3v) is 7.35. The van der Waals surface area contributed by atoms with E-state index in [4.69, 9.17) is 4.74 Å². The number of amides is 2. The van der Waals surface area contributed by atoms with Crippen molar-refractivity contribution in [1.29, 1.82) is 0 Å². The van der Waals surface area contributed by atoms with Crippen LogP contribution in [-0.2, 0) is 22.7 Å². The number of aromatic nitrogens is 3. The zero-order valence-corrected chi connectivity index (χ0v) is 22.3. The van der Waals surface area contributed by atoms with Crippen LogP contribution in [0.5, 0.6) is 5.75 Å². The van der Waals surface area contributed by atoms with Crippen LogP contribution in [0.4, 0.5) is 5.69 Å². The highest BCUT2D eigenvalue weighted by Crippen LogP contribution is 2.29. The average molecular weight is 524 g/mol. The van der Waals surface area contributed by atoms with Gasteiger partial charge in [-0.1, -0.05) is 53.8 Å². The minimum Gasteiger partial charge on any atom is -0.497 e. The second-order valence-corrected chi connectivity index (χ2v) is 9.89. The Bertz CT molecular complexity index is 1480. The van der Waals surface area contributed by atoms with Gasteiger partial charge in [0, 0.05) is 12.2 Å². The molecule has 0 bridgehead atoms. The van der Waals surface area contributed by atoms with Gasteiger partial charge in [-0.2, -0.15) is 0 Å². The number of nitrogens with zero attached hydrogens (tertiary/aromatic N) is 4. The molecule has 5 rings (SSSR count). The van der Waals surface area contributed by atoms with E-state index in [9.17, 15) is 9.59 Å². The number of methoxy groups -OCH3 is 1. The van der Waals surface area contributed by atoms with E-state index >= 15 is 0 Å². The summed E-state index contributed by atoms with van der Waals surface area (Å²) >= 11 is 0. The van der Waals surface area contributed by atoms with Gasteiger partial charge in [-0.05, 0) is 79.6 Å². The normalized spacial score (nSPS) is 15.6. The number of fused-ring (bicyclic) bond motifs is 1. The molecule has 3 aromatic carbocycles. The van der Waals surface area contributed by atoms with Gasteiger partial charge in [-0.15, -0.1) is 5.10 Å². The minimum absolute atomic E-state index is 0.0126. The number of para-hydroxylation sites is 1. The molecule has 8 heteroatoms. The lowest BCUT2D eigenvalue weighted by molar-refractivity contribution is -0.142. The minimum atomic E-state index is -0.668. The number of hydrogen-bond donors (Lipinski definition) is 1. The van der Waals surface area contributed by atoms with Crippen LogP contribution < -0.4 is 10.1 Å². The Hall–Kier alpha value is -4.46. The van der Waals surface area contributed by atoms with Crippen LogP contribution in [0.15, 0.2) is 84.9 Å². The number of hydrogen-bond acceptors (Lipinski definition) is 5. The molecule has 0 saturated carbocycles. The van der Waals surface area contributed by atoms with Crippen LogP contribution in [0.1, 0.15) is 30.4 Å². The van der Waals surface area contributed by atoms with Crippen LogP contribution in [0, 0.1) is 12.8 Å². The van der Waals surface area contributed by atoms with E-state index < -0.39 is 6.04 Å². The van der Waals surface area contributed by atoms with E-state index in [-0.39, 0.29) is 24.3 Å². The maximum atomic E-state index is 14.1. The van der Waals surface area contributed by atoms with Gasteiger partial charge in [-0.3, -0.25) is 9.59 Å². The number of anilines is 1. The summed E-state index contributed by atoms with van der Waals surface area (Å²) in [6.45, 7) is 2.33. The summed E-state index contributed by atoms with van der Waals surface area (Å²) in [5.41, 5.74) is 4.23. The van der Waals surface area contributed by atoms with Gasteiger partial charge in [0.05, 0.1) is 12.6 Å². The molecule has 0 spiro atoms. The maximum absolute atomic E-state index is 14.1. The summed E-state index contributed by atoms with van der Waals surface area (Å²) in [7, 11) is 1.60. The molecule has 39 heavy (non-hydrogen) atoms. The van der Waals surface area contributed by atoms with Crippen LogP contribution in [0.2, 0.25) is 0 Å². The Morgan fingerprint density at radius 1 is 1.05 bits per heavy atom. The standard InChI is InChI=1S/C31H33N5O3/c1-22-10-6-7-13-24(22)20-35(29(37)21-36-28-15-9-8-14-27(28)33-34-36)30(23-11-4-3-5-12-23)31(38)32-25-16-18-26(39-2)19-17-25/h3-4,6-10,13-19,23,30H,5,11-12,20-21H2,1-2H3,(H,32,38)/t23-,30-/m1/s1. The van der Waals surface area contributed by atoms with Crippen LogP contribution >= 0.6 is 0 Å². The summed E-state index contributed by atoms with van der Waals surface area (Å²) in [5, 5.41) is 11.5. The third kappa shape index (κ3) is 6.00.